The molecule has 0 aromatic carbocycles. The Balaban J connectivity index is 3.08. The van der Waals surface area contributed by atoms with Crippen molar-refractivity contribution in [3.63, 3.8) is 0 Å². The molecule has 0 aromatic heterocycles. The summed E-state index contributed by atoms with van der Waals surface area (Å²) < 4.78 is 4.57. The number of carbonyl (C=O) groups is 2. The molecule has 0 rings (SSSR count). The van der Waals surface area contributed by atoms with E-state index in [1.807, 2.05) is 6.92 Å². The molecule has 0 saturated heterocycles. The van der Waals surface area contributed by atoms with E-state index in [4.69, 9.17) is 0 Å². The van der Waals surface area contributed by atoms with Crippen LogP contribution in [0.15, 0.2) is 0 Å². The first-order valence-corrected chi connectivity index (χ1v) is 6.79. The number of ether oxygens (including phenoxy) is 1. The van der Waals surface area contributed by atoms with Crippen molar-refractivity contribution in [1.29, 1.82) is 0 Å². The normalized spacial score (nSPS) is 10.2. The van der Waals surface area contributed by atoms with E-state index in [0.29, 0.717) is 18.6 Å². The Bertz CT molecular complexity index is 190. The van der Waals surface area contributed by atoms with Crippen LogP contribution in [0.25, 0.3) is 0 Å². The molecule has 0 bridgehead atoms. The van der Waals surface area contributed by atoms with Gasteiger partial charge in [0.05, 0.1) is 7.11 Å². The van der Waals surface area contributed by atoms with Crippen LogP contribution in [0, 0.1) is 0 Å². The zero-order valence-corrected chi connectivity index (χ0v) is 11.3. The van der Waals surface area contributed by atoms with Gasteiger partial charge in [0.25, 0.3) is 0 Å². The summed E-state index contributed by atoms with van der Waals surface area (Å²) in [5, 5.41) is 0. The molecule has 0 spiro atoms. The highest BCUT2D eigenvalue weighted by molar-refractivity contribution is 5.77. The second-order valence-corrected chi connectivity index (χ2v) is 4.44. The molecule has 0 aliphatic rings. The molecule has 0 heterocycles. The fourth-order valence-electron chi connectivity index (χ4n) is 1.75. The average molecular weight is 242 g/mol. The Morgan fingerprint density at radius 1 is 0.824 bits per heavy atom. The van der Waals surface area contributed by atoms with Gasteiger partial charge in [0.15, 0.2) is 0 Å². The van der Waals surface area contributed by atoms with Gasteiger partial charge in [-0.05, 0) is 12.8 Å². The maximum atomic E-state index is 11.0. The number of esters is 1. The number of hydrogen-bond acceptors (Lipinski definition) is 3. The van der Waals surface area contributed by atoms with E-state index in [9.17, 15) is 9.59 Å². The van der Waals surface area contributed by atoms with Gasteiger partial charge in [-0.15, -0.1) is 0 Å². The van der Waals surface area contributed by atoms with Crippen molar-refractivity contribution >= 4 is 11.8 Å². The molecule has 17 heavy (non-hydrogen) atoms. The number of ketones is 1. The highest BCUT2D eigenvalue weighted by Crippen LogP contribution is 2.10. The molecule has 3 nitrogen and oxygen atoms in total. The molecule has 0 fully saturated rings. The quantitative estimate of drug-likeness (QED) is 0.410. The van der Waals surface area contributed by atoms with Crippen LogP contribution in [-0.4, -0.2) is 18.9 Å². The Kier molecular flexibility index (Phi) is 11.0. The fourth-order valence-corrected chi connectivity index (χ4v) is 1.75. The summed E-state index contributed by atoms with van der Waals surface area (Å²) in [6, 6.07) is 0. The highest BCUT2D eigenvalue weighted by atomic mass is 16.5. The van der Waals surface area contributed by atoms with Crippen molar-refractivity contribution < 1.29 is 14.3 Å². The molecule has 0 amide bonds. The smallest absolute Gasteiger partial charge is 0.305 e. The Morgan fingerprint density at radius 3 is 1.76 bits per heavy atom. The number of methoxy groups -OCH3 is 1. The predicted octanol–water partition coefficient (Wildman–Crippen LogP) is 3.65. The van der Waals surface area contributed by atoms with Crippen molar-refractivity contribution in [2.24, 2.45) is 0 Å². The Hall–Kier alpha value is -0.860. The zero-order chi connectivity index (χ0) is 12.9. The molecular weight excluding hydrogens is 216 g/mol. The standard InChI is InChI=1S/C14H26O3/c1-3-13(15)11-9-7-5-4-6-8-10-12-14(16)17-2/h3-12H2,1-2H3. The number of hydrogen-bond donors (Lipinski definition) is 0. The molecule has 0 saturated carbocycles. The van der Waals surface area contributed by atoms with E-state index in [-0.39, 0.29) is 5.97 Å². The number of carbonyl (C=O) groups excluding carboxylic acids is 2. The lowest BCUT2D eigenvalue weighted by atomic mass is 10.1. The maximum absolute atomic E-state index is 11.0. The molecule has 0 aliphatic heterocycles. The molecular formula is C14H26O3. The minimum absolute atomic E-state index is 0.108. The van der Waals surface area contributed by atoms with E-state index in [1.165, 1.54) is 26.4 Å². The van der Waals surface area contributed by atoms with Crippen LogP contribution in [0.4, 0.5) is 0 Å². The first-order valence-electron chi connectivity index (χ1n) is 6.79. The summed E-state index contributed by atoms with van der Waals surface area (Å²) in [5.41, 5.74) is 0. The second-order valence-electron chi connectivity index (χ2n) is 4.44. The summed E-state index contributed by atoms with van der Waals surface area (Å²) in [5.74, 6) is 0.270. The molecule has 3 heteroatoms. The van der Waals surface area contributed by atoms with E-state index in [0.717, 1.165) is 32.1 Å². The minimum atomic E-state index is -0.108. The lowest BCUT2D eigenvalue weighted by Crippen LogP contribution is -1.99. The van der Waals surface area contributed by atoms with Gasteiger partial charge in [0.1, 0.15) is 5.78 Å². The largest absolute Gasteiger partial charge is 0.469 e. The molecule has 0 aliphatic carbocycles. The lowest BCUT2D eigenvalue weighted by Gasteiger charge is -2.01. The fraction of sp³-hybridized carbons (Fsp3) is 0.857. The van der Waals surface area contributed by atoms with E-state index >= 15 is 0 Å². The van der Waals surface area contributed by atoms with Crippen molar-refractivity contribution in [1.82, 2.24) is 0 Å². The van der Waals surface area contributed by atoms with Crippen molar-refractivity contribution in [2.75, 3.05) is 7.11 Å². The first kappa shape index (κ1) is 16.1. The monoisotopic (exact) mass is 242 g/mol. The van der Waals surface area contributed by atoms with E-state index in [1.54, 1.807) is 0 Å². The number of rotatable bonds is 11. The van der Waals surface area contributed by atoms with Gasteiger partial charge in [-0.3, -0.25) is 9.59 Å². The Morgan fingerprint density at radius 2 is 1.29 bits per heavy atom. The predicted molar refractivity (Wildman–Crippen MR) is 68.9 cm³/mol. The molecule has 0 atom stereocenters. The number of Topliss-reactive ketones (excluding diaryl/α,β-unsaturated/α-hetero) is 1. The highest BCUT2D eigenvalue weighted by Gasteiger charge is 2.00. The van der Waals surface area contributed by atoms with Gasteiger partial charge < -0.3 is 4.74 Å². The van der Waals surface area contributed by atoms with E-state index < -0.39 is 0 Å². The van der Waals surface area contributed by atoms with Crippen LogP contribution in [0.1, 0.15) is 71.1 Å². The zero-order valence-electron chi connectivity index (χ0n) is 11.3. The van der Waals surface area contributed by atoms with Gasteiger partial charge in [0.2, 0.25) is 0 Å². The summed E-state index contributed by atoms with van der Waals surface area (Å²) in [4.78, 5) is 21.9. The van der Waals surface area contributed by atoms with E-state index in [2.05, 4.69) is 4.74 Å². The Labute approximate surface area is 105 Å². The molecule has 0 radical (unpaired) electrons. The van der Waals surface area contributed by atoms with Crippen LogP contribution >= 0.6 is 0 Å². The molecule has 0 unspecified atom stereocenters. The van der Waals surface area contributed by atoms with Crippen LogP contribution < -0.4 is 0 Å². The average Bonchev–Trinajstić information content (AvgIpc) is 2.35. The van der Waals surface area contributed by atoms with Crippen LogP contribution in [0.2, 0.25) is 0 Å². The molecule has 0 aromatic rings. The second kappa shape index (κ2) is 11.6. The third kappa shape index (κ3) is 11.4. The summed E-state index contributed by atoms with van der Waals surface area (Å²) in [6.07, 6.45) is 9.78. The lowest BCUT2D eigenvalue weighted by molar-refractivity contribution is -0.140. The summed E-state index contributed by atoms with van der Waals surface area (Å²) in [6.45, 7) is 1.92. The first-order chi connectivity index (χ1) is 8.20. The summed E-state index contributed by atoms with van der Waals surface area (Å²) >= 11 is 0. The molecule has 100 valence electrons. The van der Waals surface area contributed by atoms with Gasteiger partial charge in [-0.1, -0.05) is 39.0 Å². The SMILES string of the molecule is CCC(=O)CCCCCCCCCC(=O)OC. The van der Waals surface area contributed by atoms with Gasteiger partial charge in [-0.25, -0.2) is 0 Å². The van der Waals surface area contributed by atoms with Crippen LogP contribution in [0.5, 0.6) is 0 Å². The van der Waals surface area contributed by atoms with Crippen molar-refractivity contribution in [3.8, 4) is 0 Å². The van der Waals surface area contributed by atoms with Gasteiger partial charge in [-0.2, -0.15) is 0 Å². The van der Waals surface area contributed by atoms with Gasteiger partial charge >= 0.3 is 5.97 Å². The van der Waals surface area contributed by atoms with Crippen LogP contribution in [-0.2, 0) is 14.3 Å². The summed E-state index contributed by atoms with van der Waals surface area (Å²) in [7, 11) is 1.43. The van der Waals surface area contributed by atoms with Crippen LogP contribution in [0.3, 0.4) is 0 Å². The third-order valence-electron chi connectivity index (χ3n) is 2.96. The van der Waals surface area contributed by atoms with Gasteiger partial charge in [0, 0.05) is 19.3 Å². The maximum Gasteiger partial charge on any atom is 0.305 e. The number of unbranched alkanes of at least 4 members (excludes halogenated alkanes) is 6. The topological polar surface area (TPSA) is 43.4 Å². The van der Waals surface area contributed by atoms with Crippen molar-refractivity contribution in [2.45, 2.75) is 71.1 Å². The minimum Gasteiger partial charge on any atom is -0.469 e. The van der Waals surface area contributed by atoms with Crippen molar-refractivity contribution in [3.05, 3.63) is 0 Å². The molecule has 0 N–H and O–H groups in total. The third-order valence-corrected chi connectivity index (χ3v) is 2.96.